The zero-order valence-electron chi connectivity index (χ0n) is 13.4. The molecule has 0 aliphatic carbocycles. The highest BCUT2D eigenvalue weighted by atomic mass is 19.4. The van der Waals surface area contributed by atoms with E-state index in [1.807, 2.05) is 4.90 Å². The van der Waals surface area contributed by atoms with Crippen molar-refractivity contribution in [3.05, 3.63) is 48.0 Å². The molecule has 1 aromatic rings. The van der Waals surface area contributed by atoms with E-state index < -0.39 is 11.7 Å². The average Bonchev–Trinajstić information content (AvgIpc) is 2.99. The van der Waals surface area contributed by atoms with Crippen LogP contribution in [0, 0.1) is 5.92 Å². The maximum atomic E-state index is 12.7. The summed E-state index contributed by atoms with van der Waals surface area (Å²) in [5, 5.41) is 0. The quantitative estimate of drug-likeness (QED) is 0.790. The number of carbonyl (C=O) groups excluding carboxylic acids is 1. The topological polar surface area (TPSA) is 23.6 Å². The van der Waals surface area contributed by atoms with Gasteiger partial charge in [-0.1, -0.05) is 18.7 Å². The Morgan fingerprint density at radius 1 is 1.25 bits per heavy atom. The average molecular weight is 338 g/mol. The van der Waals surface area contributed by atoms with E-state index in [2.05, 4.69) is 11.5 Å². The molecule has 2 fully saturated rings. The van der Waals surface area contributed by atoms with E-state index in [-0.39, 0.29) is 11.9 Å². The number of alkyl halides is 3. The number of carbonyl (C=O) groups is 1. The maximum absolute atomic E-state index is 12.7. The highest BCUT2D eigenvalue weighted by molar-refractivity contribution is 5.87. The van der Waals surface area contributed by atoms with E-state index in [1.165, 1.54) is 6.08 Å². The lowest BCUT2D eigenvalue weighted by Crippen LogP contribution is -2.44. The van der Waals surface area contributed by atoms with Crippen molar-refractivity contribution in [3.8, 4) is 0 Å². The van der Waals surface area contributed by atoms with Gasteiger partial charge in [0.2, 0.25) is 5.91 Å². The van der Waals surface area contributed by atoms with Crippen LogP contribution < -0.4 is 0 Å². The van der Waals surface area contributed by atoms with Gasteiger partial charge < -0.3 is 4.90 Å². The molecule has 24 heavy (non-hydrogen) atoms. The number of benzene rings is 1. The van der Waals surface area contributed by atoms with E-state index in [4.69, 9.17) is 0 Å². The Morgan fingerprint density at radius 2 is 1.96 bits per heavy atom. The van der Waals surface area contributed by atoms with Crippen molar-refractivity contribution in [3.63, 3.8) is 0 Å². The molecule has 2 atom stereocenters. The molecule has 2 unspecified atom stereocenters. The lowest BCUT2D eigenvalue weighted by Gasteiger charge is -2.36. The summed E-state index contributed by atoms with van der Waals surface area (Å²) in [6.07, 6.45) is -0.809. The largest absolute Gasteiger partial charge is 0.416 e. The van der Waals surface area contributed by atoms with Gasteiger partial charge in [0.15, 0.2) is 0 Å². The van der Waals surface area contributed by atoms with Crippen molar-refractivity contribution in [1.82, 2.24) is 9.80 Å². The number of hydrogen-bond acceptors (Lipinski definition) is 2. The minimum absolute atomic E-state index is 0.0427. The predicted molar refractivity (Wildman–Crippen MR) is 85.1 cm³/mol. The third-order valence-corrected chi connectivity index (χ3v) is 5.05. The van der Waals surface area contributed by atoms with Crippen LogP contribution >= 0.6 is 0 Å². The number of rotatable bonds is 3. The van der Waals surface area contributed by atoms with E-state index in [0.717, 1.165) is 43.6 Å². The molecule has 0 aromatic heterocycles. The Balaban J connectivity index is 1.68. The molecule has 0 N–H and O–H groups in total. The fraction of sp³-hybridized carbons (Fsp3) is 0.500. The number of piperidine rings is 1. The number of hydrogen-bond donors (Lipinski definition) is 0. The molecule has 3 nitrogen and oxygen atoms in total. The lowest BCUT2D eigenvalue weighted by atomic mass is 9.91. The van der Waals surface area contributed by atoms with Crippen molar-refractivity contribution in [1.29, 1.82) is 0 Å². The molecule has 6 heteroatoms. The molecule has 130 valence electrons. The Labute approximate surface area is 139 Å². The van der Waals surface area contributed by atoms with E-state index in [9.17, 15) is 18.0 Å². The fourth-order valence-electron chi connectivity index (χ4n) is 3.81. The summed E-state index contributed by atoms with van der Waals surface area (Å²) in [4.78, 5) is 16.0. The van der Waals surface area contributed by atoms with Gasteiger partial charge in [-0.3, -0.25) is 9.69 Å². The van der Waals surface area contributed by atoms with Gasteiger partial charge in [0.25, 0.3) is 0 Å². The molecular weight excluding hydrogens is 317 g/mol. The van der Waals surface area contributed by atoms with Gasteiger partial charge in [-0.2, -0.15) is 13.2 Å². The second kappa shape index (κ2) is 6.59. The van der Waals surface area contributed by atoms with Crippen molar-refractivity contribution >= 4 is 5.91 Å². The van der Waals surface area contributed by atoms with Gasteiger partial charge >= 0.3 is 6.18 Å². The van der Waals surface area contributed by atoms with Gasteiger partial charge in [0, 0.05) is 25.7 Å². The molecule has 2 aliphatic heterocycles. The summed E-state index contributed by atoms with van der Waals surface area (Å²) in [6.45, 7) is 6.50. The second-order valence-electron chi connectivity index (χ2n) is 6.58. The highest BCUT2D eigenvalue weighted by Crippen LogP contribution is 2.33. The molecule has 0 radical (unpaired) electrons. The first-order valence-corrected chi connectivity index (χ1v) is 8.20. The van der Waals surface area contributed by atoms with Crippen LogP contribution in [-0.2, 0) is 17.5 Å². The van der Waals surface area contributed by atoms with Crippen LogP contribution in [0.15, 0.2) is 36.9 Å². The third-order valence-electron chi connectivity index (χ3n) is 5.05. The molecule has 0 bridgehead atoms. The van der Waals surface area contributed by atoms with Crippen LogP contribution in [0.5, 0.6) is 0 Å². The van der Waals surface area contributed by atoms with E-state index in [1.54, 1.807) is 12.1 Å². The lowest BCUT2D eigenvalue weighted by molar-refractivity contribution is -0.137. The van der Waals surface area contributed by atoms with Crippen LogP contribution in [0.25, 0.3) is 0 Å². The van der Waals surface area contributed by atoms with Crippen LogP contribution in [0.4, 0.5) is 13.2 Å². The van der Waals surface area contributed by atoms with Gasteiger partial charge in [-0.25, -0.2) is 0 Å². The van der Waals surface area contributed by atoms with Crippen LogP contribution in [0.1, 0.15) is 24.0 Å². The number of amides is 1. The summed E-state index contributed by atoms with van der Waals surface area (Å²) in [5.74, 6) is 0.399. The molecule has 2 aliphatic rings. The zero-order valence-corrected chi connectivity index (χ0v) is 13.4. The zero-order chi connectivity index (χ0) is 17.3. The number of halogens is 3. The Kier molecular flexibility index (Phi) is 4.67. The first kappa shape index (κ1) is 17.0. The van der Waals surface area contributed by atoms with Crippen molar-refractivity contribution in [2.45, 2.75) is 31.6 Å². The Hall–Kier alpha value is -1.82. The summed E-state index contributed by atoms with van der Waals surface area (Å²) < 4.78 is 38.0. The smallest absolute Gasteiger partial charge is 0.337 e. The SMILES string of the molecule is C=CC(=O)N1CC2CCCN(Cc3ccc(C(F)(F)F)cc3)C2C1. The van der Waals surface area contributed by atoms with Gasteiger partial charge in [0.05, 0.1) is 5.56 Å². The fourth-order valence-corrected chi connectivity index (χ4v) is 3.81. The maximum Gasteiger partial charge on any atom is 0.416 e. The minimum Gasteiger partial charge on any atom is -0.337 e. The van der Waals surface area contributed by atoms with Gasteiger partial charge in [0.1, 0.15) is 0 Å². The summed E-state index contributed by atoms with van der Waals surface area (Å²) >= 11 is 0. The molecule has 0 saturated carbocycles. The molecule has 1 amide bonds. The molecule has 2 saturated heterocycles. The van der Waals surface area contributed by atoms with E-state index >= 15 is 0 Å². The summed E-state index contributed by atoms with van der Waals surface area (Å²) in [6, 6.07) is 5.66. The third kappa shape index (κ3) is 3.48. The monoisotopic (exact) mass is 338 g/mol. The highest BCUT2D eigenvalue weighted by Gasteiger charge is 2.40. The number of likely N-dealkylation sites (tertiary alicyclic amines) is 2. The van der Waals surface area contributed by atoms with Crippen LogP contribution in [0.3, 0.4) is 0 Å². The van der Waals surface area contributed by atoms with Crippen molar-refractivity contribution < 1.29 is 18.0 Å². The van der Waals surface area contributed by atoms with Crippen LogP contribution in [-0.4, -0.2) is 41.4 Å². The first-order valence-electron chi connectivity index (χ1n) is 8.20. The molecule has 2 heterocycles. The Morgan fingerprint density at radius 3 is 2.58 bits per heavy atom. The summed E-state index contributed by atoms with van der Waals surface area (Å²) in [7, 11) is 0. The second-order valence-corrected chi connectivity index (χ2v) is 6.58. The molecule has 3 rings (SSSR count). The van der Waals surface area contributed by atoms with E-state index in [0.29, 0.717) is 19.0 Å². The van der Waals surface area contributed by atoms with Crippen LogP contribution in [0.2, 0.25) is 0 Å². The Bertz CT molecular complexity index is 612. The minimum atomic E-state index is -4.30. The molecular formula is C18H21F3N2O. The number of fused-ring (bicyclic) bond motifs is 1. The standard InChI is InChI=1S/C18H21F3N2O/c1-2-17(24)23-11-14-4-3-9-22(16(14)12-23)10-13-5-7-15(8-6-13)18(19,20)21/h2,5-8,14,16H,1,3-4,9-12H2. The molecule has 0 spiro atoms. The predicted octanol–water partition coefficient (Wildman–Crippen LogP) is 3.31. The summed E-state index contributed by atoms with van der Waals surface area (Å²) in [5.41, 5.74) is 0.253. The number of nitrogens with zero attached hydrogens (tertiary/aromatic N) is 2. The normalized spacial score (nSPS) is 24.7. The first-order chi connectivity index (χ1) is 11.4. The van der Waals surface area contributed by atoms with Gasteiger partial charge in [-0.15, -0.1) is 0 Å². The van der Waals surface area contributed by atoms with Gasteiger partial charge in [-0.05, 0) is 49.1 Å². The molecule has 1 aromatic carbocycles. The van der Waals surface area contributed by atoms with Crippen molar-refractivity contribution in [2.75, 3.05) is 19.6 Å². The van der Waals surface area contributed by atoms with Crippen molar-refractivity contribution in [2.24, 2.45) is 5.92 Å².